The quantitative estimate of drug-likeness (QED) is 0.242. The third-order valence-electron chi connectivity index (χ3n) is 5.15. The number of hydrogen-bond donors (Lipinski definition) is 0. The number of rotatable bonds is 13. The maximum atomic E-state index is 13.8. The minimum absolute atomic E-state index is 0.230. The van der Waals surface area contributed by atoms with Crippen molar-refractivity contribution in [3.05, 3.63) is 75.6 Å². The van der Waals surface area contributed by atoms with Crippen molar-refractivity contribution in [2.24, 2.45) is 5.92 Å². The number of benzene rings is 2. The molecular weight excluding hydrogens is 431 g/mol. The highest BCUT2D eigenvalue weighted by Gasteiger charge is 2.29. The first-order valence-corrected chi connectivity index (χ1v) is 10.9. The Bertz CT molecular complexity index is 938. The van der Waals surface area contributed by atoms with Gasteiger partial charge in [0, 0.05) is 6.07 Å². The van der Waals surface area contributed by atoms with Crippen LogP contribution in [0.2, 0.25) is 0 Å². The second-order valence-electron chi connectivity index (χ2n) is 7.61. The van der Waals surface area contributed by atoms with Crippen molar-refractivity contribution >= 4 is 11.9 Å². The van der Waals surface area contributed by atoms with E-state index in [2.05, 4.69) is 6.92 Å². The van der Waals surface area contributed by atoms with Crippen molar-refractivity contribution in [3.63, 3.8) is 0 Å². The molecule has 0 spiro atoms. The summed E-state index contributed by atoms with van der Waals surface area (Å²) in [6, 6.07) is 11.4. The molecule has 8 nitrogen and oxygen atoms in total. The molecule has 2 aromatic carbocycles. The number of nitro groups is 1. The average Bonchev–Trinajstić information content (AvgIpc) is 2.81. The Morgan fingerprint density at radius 2 is 1.88 bits per heavy atom. The summed E-state index contributed by atoms with van der Waals surface area (Å²) in [5.41, 5.74) is 0.315. The highest BCUT2D eigenvalue weighted by molar-refractivity contribution is 5.96. The standard InChI is InChI=1S/C24H29FN2O6/c1-3-5-9-18(4-2)16-33-23(28)17-32-22-14-20(25)12-13-21(22)24(29)26(27(30)31)15-19-10-7-6-8-11-19/h6-8,10-14,18H,3-5,9,15-17H2,1-2H3. The average molecular weight is 461 g/mol. The molecule has 0 aliphatic rings. The number of amides is 1. The van der Waals surface area contributed by atoms with Crippen LogP contribution < -0.4 is 4.74 Å². The number of hydrazine groups is 1. The maximum absolute atomic E-state index is 13.8. The van der Waals surface area contributed by atoms with E-state index in [4.69, 9.17) is 9.47 Å². The van der Waals surface area contributed by atoms with Gasteiger partial charge >= 0.3 is 11.9 Å². The summed E-state index contributed by atoms with van der Waals surface area (Å²) in [5.74, 6) is -2.39. The van der Waals surface area contributed by atoms with Crippen LogP contribution in [0.15, 0.2) is 48.5 Å². The first-order chi connectivity index (χ1) is 15.8. The van der Waals surface area contributed by atoms with E-state index in [1.54, 1.807) is 30.3 Å². The molecule has 2 rings (SSSR count). The molecule has 0 saturated carbocycles. The Kier molecular flexibility index (Phi) is 10.3. The highest BCUT2D eigenvalue weighted by Crippen LogP contribution is 2.23. The topological polar surface area (TPSA) is 99.0 Å². The predicted molar refractivity (Wildman–Crippen MR) is 119 cm³/mol. The molecule has 0 aromatic heterocycles. The van der Waals surface area contributed by atoms with Crippen molar-refractivity contribution in [2.45, 2.75) is 46.1 Å². The SMILES string of the molecule is CCCCC(CC)COC(=O)COc1cc(F)ccc1C(=O)N(Cc1ccccc1)[N+](=O)[O-]. The number of unbranched alkanes of at least 4 members (excludes halogenated alkanes) is 1. The van der Waals surface area contributed by atoms with Crippen LogP contribution in [0.4, 0.5) is 4.39 Å². The van der Waals surface area contributed by atoms with Gasteiger partial charge < -0.3 is 9.47 Å². The van der Waals surface area contributed by atoms with E-state index in [9.17, 15) is 24.1 Å². The zero-order valence-electron chi connectivity index (χ0n) is 18.9. The summed E-state index contributed by atoms with van der Waals surface area (Å²) in [5, 5.41) is 11.1. The molecule has 33 heavy (non-hydrogen) atoms. The van der Waals surface area contributed by atoms with Crippen LogP contribution >= 0.6 is 0 Å². The highest BCUT2D eigenvalue weighted by atomic mass is 19.1. The first-order valence-electron chi connectivity index (χ1n) is 10.9. The van der Waals surface area contributed by atoms with Crippen molar-refractivity contribution < 1.29 is 28.5 Å². The molecule has 2 aromatic rings. The van der Waals surface area contributed by atoms with Crippen LogP contribution in [-0.4, -0.2) is 35.1 Å². The van der Waals surface area contributed by atoms with Gasteiger partial charge in [0.1, 0.15) is 18.1 Å². The molecule has 0 N–H and O–H groups in total. The van der Waals surface area contributed by atoms with Crippen LogP contribution in [0.25, 0.3) is 0 Å². The van der Waals surface area contributed by atoms with Crippen LogP contribution in [0.3, 0.4) is 0 Å². The molecule has 0 bridgehead atoms. The van der Waals surface area contributed by atoms with E-state index in [1.165, 1.54) is 0 Å². The van der Waals surface area contributed by atoms with Gasteiger partial charge in [-0.25, -0.2) is 19.3 Å². The van der Waals surface area contributed by atoms with Crippen molar-refractivity contribution in [3.8, 4) is 5.75 Å². The van der Waals surface area contributed by atoms with Gasteiger partial charge in [-0.1, -0.05) is 68.5 Å². The summed E-state index contributed by atoms with van der Waals surface area (Å²) in [6.07, 6.45) is 3.91. The summed E-state index contributed by atoms with van der Waals surface area (Å²) >= 11 is 0. The summed E-state index contributed by atoms with van der Waals surface area (Å²) in [6.45, 7) is 3.52. The summed E-state index contributed by atoms with van der Waals surface area (Å²) in [7, 11) is 0. The van der Waals surface area contributed by atoms with Gasteiger partial charge in [-0.05, 0) is 30.0 Å². The molecule has 0 aliphatic carbocycles. The fraction of sp³-hybridized carbons (Fsp3) is 0.417. The Morgan fingerprint density at radius 1 is 1.15 bits per heavy atom. The number of carbonyl (C=O) groups is 2. The van der Waals surface area contributed by atoms with Gasteiger partial charge in [-0.3, -0.25) is 4.79 Å². The Balaban J connectivity index is 2.08. The second-order valence-corrected chi connectivity index (χ2v) is 7.61. The third kappa shape index (κ3) is 8.17. The van der Waals surface area contributed by atoms with Gasteiger partial charge in [0.2, 0.25) is 0 Å². The van der Waals surface area contributed by atoms with Crippen LogP contribution in [0.1, 0.15) is 55.5 Å². The molecule has 1 atom stereocenters. The van der Waals surface area contributed by atoms with Gasteiger partial charge in [-0.2, -0.15) is 0 Å². The fourth-order valence-corrected chi connectivity index (χ4v) is 3.18. The lowest BCUT2D eigenvalue weighted by molar-refractivity contribution is -0.635. The van der Waals surface area contributed by atoms with E-state index >= 15 is 0 Å². The van der Waals surface area contributed by atoms with Crippen LogP contribution in [0, 0.1) is 21.8 Å². The maximum Gasteiger partial charge on any atom is 0.344 e. The van der Waals surface area contributed by atoms with E-state index < -0.39 is 29.3 Å². The molecule has 0 aliphatic heterocycles. The smallest absolute Gasteiger partial charge is 0.344 e. The molecule has 0 saturated heterocycles. The minimum atomic E-state index is -0.988. The molecule has 1 amide bonds. The summed E-state index contributed by atoms with van der Waals surface area (Å²) in [4.78, 5) is 36.5. The van der Waals surface area contributed by atoms with Crippen LogP contribution in [-0.2, 0) is 16.1 Å². The number of hydrogen-bond acceptors (Lipinski definition) is 6. The Morgan fingerprint density at radius 3 is 2.52 bits per heavy atom. The summed E-state index contributed by atoms with van der Waals surface area (Å²) < 4.78 is 24.4. The predicted octanol–water partition coefficient (Wildman–Crippen LogP) is 4.80. The zero-order chi connectivity index (χ0) is 24.2. The molecule has 0 radical (unpaired) electrons. The lowest BCUT2D eigenvalue weighted by atomic mass is 10.0. The number of ether oxygens (including phenoxy) is 2. The Labute approximate surface area is 192 Å². The van der Waals surface area contributed by atoms with Gasteiger partial charge in [0.15, 0.2) is 11.6 Å². The number of esters is 1. The lowest BCUT2D eigenvalue weighted by Crippen LogP contribution is -2.36. The molecular formula is C24H29FN2O6. The third-order valence-corrected chi connectivity index (χ3v) is 5.15. The van der Waals surface area contributed by atoms with Gasteiger partial charge in [-0.15, -0.1) is 0 Å². The Hall–Kier alpha value is -3.49. The lowest BCUT2D eigenvalue weighted by Gasteiger charge is -2.16. The number of halogens is 1. The van der Waals surface area contributed by atoms with Gasteiger partial charge in [0.05, 0.1) is 12.2 Å². The monoisotopic (exact) mass is 460 g/mol. The van der Waals surface area contributed by atoms with E-state index in [-0.39, 0.29) is 30.4 Å². The first kappa shape index (κ1) is 25.8. The molecule has 0 fully saturated rings. The number of nitrogens with zero attached hydrogens (tertiary/aromatic N) is 2. The molecule has 9 heteroatoms. The molecule has 0 heterocycles. The van der Waals surface area contributed by atoms with E-state index in [0.717, 1.165) is 43.9 Å². The van der Waals surface area contributed by atoms with E-state index in [1.807, 2.05) is 6.92 Å². The zero-order valence-corrected chi connectivity index (χ0v) is 18.9. The molecule has 178 valence electrons. The van der Waals surface area contributed by atoms with Crippen molar-refractivity contribution in [1.29, 1.82) is 0 Å². The normalized spacial score (nSPS) is 11.5. The van der Waals surface area contributed by atoms with Crippen molar-refractivity contribution in [2.75, 3.05) is 13.2 Å². The van der Waals surface area contributed by atoms with E-state index in [0.29, 0.717) is 10.6 Å². The van der Waals surface area contributed by atoms with Gasteiger partial charge in [0.25, 0.3) is 0 Å². The fourth-order valence-electron chi connectivity index (χ4n) is 3.18. The van der Waals surface area contributed by atoms with Crippen LogP contribution in [0.5, 0.6) is 5.75 Å². The van der Waals surface area contributed by atoms with Crippen molar-refractivity contribution in [1.82, 2.24) is 5.01 Å². The number of carbonyl (C=O) groups excluding carboxylic acids is 2. The minimum Gasteiger partial charge on any atom is -0.481 e. The second kappa shape index (κ2) is 13.1. The molecule has 1 unspecified atom stereocenters. The largest absolute Gasteiger partial charge is 0.481 e.